The molecule has 0 aromatic rings. The molecule has 1 spiro atoms. The molecule has 0 N–H and O–H groups in total. The summed E-state index contributed by atoms with van der Waals surface area (Å²) in [7, 11) is -1.84. The molecule has 1 aliphatic heterocycles. The molecule has 4 nitrogen and oxygen atoms in total. The van der Waals surface area contributed by atoms with Gasteiger partial charge in [-0.1, -0.05) is 48.1 Å². The third kappa shape index (κ3) is 3.27. The van der Waals surface area contributed by atoms with Crippen molar-refractivity contribution in [2.24, 2.45) is 28.6 Å². The molecule has 0 unspecified atom stereocenters. The first kappa shape index (κ1) is 22.8. The van der Waals surface area contributed by atoms with Crippen LogP contribution in [0.25, 0.3) is 0 Å². The van der Waals surface area contributed by atoms with Crippen LogP contribution in [0.15, 0.2) is 11.6 Å². The number of fused-ring (bicyclic) bond motifs is 5. The van der Waals surface area contributed by atoms with Crippen LogP contribution in [0.3, 0.4) is 0 Å². The minimum Gasteiger partial charge on any atom is -0.398 e. The molecule has 0 aromatic heterocycles. The monoisotopic (exact) mass is 555 g/mol. The predicted octanol–water partition coefficient (Wildman–Crippen LogP) is 6.15. The Balaban J connectivity index is 1.44. The molecule has 0 bridgehead atoms. The van der Waals surface area contributed by atoms with Gasteiger partial charge in [0.15, 0.2) is 14.1 Å². The van der Waals surface area contributed by atoms with Gasteiger partial charge in [-0.3, -0.25) is 0 Å². The van der Waals surface area contributed by atoms with E-state index < -0.39 is 13.9 Å². The molecular formula is C25H38INO3Si. The fourth-order valence-corrected chi connectivity index (χ4v) is 10.1. The molecular weight excluding hydrogens is 517 g/mol. The summed E-state index contributed by atoms with van der Waals surface area (Å²) in [5.41, 5.74) is 1.25. The molecule has 4 fully saturated rings. The van der Waals surface area contributed by atoms with Crippen molar-refractivity contribution in [2.45, 2.75) is 89.7 Å². The van der Waals surface area contributed by atoms with Crippen LogP contribution in [0, 0.1) is 39.9 Å². The zero-order valence-corrected chi connectivity index (χ0v) is 22.8. The number of nitriles is 1. The molecule has 5 aliphatic rings. The molecule has 6 heteroatoms. The summed E-state index contributed by atoms with van der Waals surface area (Å²) in [5, 5.41) is 10.4. The third-order valence-electron chi connectivity index (χ3n) is 10.00. The van der Waals surface area contributed by atoms with E-state index in [0.29, 0.717) is 17.8 Å². The lowest BCUT2D eigenvalue weighted by atomic mass is 9.47. The van der Waals surface area contributed by atoms with Crippen molar-refractivity contribution in [3.63, 3.8) is 0 Å². The van der Waals surface area contributed by atoms with E-state index in [0.717, 1.165) is 62.2 Å². The van der Waals surface area contributed by atoms with E-state index in [9.17, 15) is 5.26 Å². The van der Waals surface area contributed by atoms with Gasteiger partial charge < -0.3 is 13.9 Å². The fourth-order valence-electron chi connectivity index (χ4n) is 8.22. The number of alkyl halides is 1. The Bertz CT molecular complexity index is 818. The highest BCUT2D eigenvalue weighted by Gasteiger charge is 2.66. The molecule has 4 aliphatic carbocycles. The molecule has 1 saturated heterocycles. The molecule has 0 aromatic carbocycles. The first-order chi connectivity index (χ1) is 14.6. The molecule has 3 saturated carbocycles. The average Bonchev–Trinajstić information content (AvgIpc) is 3.31. The molecule has 6 atom stereocenters. The number of hydrogen-bond donors (Lipinski definition) is 0. The largest absolute Gasteiger partial charge is 0.398 e. The smallest absolute Gasteiger partial charge is 0.198 e. The second kappa shape index (κ2) is 7.53. The van der Waals surface area contributed by atoms with E-state index in [1.807, 2.05) is 0 Å². The summed E-state index contributed by atoms with van der Waals surface area (Å²) in [6, 6.07) is 2.76. The van der Waals surface area contributed by atoms with Crippen LogP contribution in [-0.2, 0) is 13.9 Å². The summed E-state index contributed by atoms with van der Waals surface area (Å²) in [6.07, 6.45) is 11.3. The van der Waals surface area contributed by atoms with Crippen LogP contribution in [0.5, 0.6) is 0 Å². The minimum absolute atomic E-state index is 0.0196. The average molecular weight is 556 g/mol. The molecule has 31 heavy (non-hydrogen) atoms. The number of ether oxygens (including phenoxy) is 2. The summed E-state index contributed by atoms with van der Waals surface area (Å²) < 4.78 is 20.1. The Morgan fingerprint density at radius 1 is 1.13 bits per heavy atom. The number of nitrogens with zero attached hydrogens (tertiary/aromatic N) is 1. The number of rotatable bonds is 3. The Hall–Kier alpha value is 0.0569. The Kier molecular flexibility index (Phi) is 5.54. The van der Waals surface area contributed by atoms with Gasteiger partial charge in [-0.2, -0.15) is 5.26 Å². The van der Waals surface area contributed by atoms with Crippen molar-refractivity contribution >= 4 is 30.9 Å². The maximum absolute atomic E-state index is 10.4. The van der Waals surface area contributed by atoms with Crippen LogP contribution in [0.4, 0.5) is 0 Å². The van der Waals surface area contributed by atoms with E-state index >= 15 is 0 Å². The lowest BCUT2D eigenvalue weighted by Crippen LogP contribution is -2.58. The zero-order chi connectivity index (χ0) is 22.1. The third-order valence-corrected chi connectivity index (χ3v) is 17.1. The van der Waals surface area contributed by atoms with Crippen LogP contribution >= 0.6 is 22.6 Å². The molecule has 0 radical (unpaired) electrons. The normalized spacial score (nSPS) is 46.1. The van der Waals surface area contributed by atoms with E-state index in [1.165, 1.54) is 6.42 Å². The maximum atomic E-state index is 10.4. The summed E-state index contributed by atoms with van der Waals surface area (Å²) >= 11 is 2.46. The van der Waals surface area contributed by atoms with Gasteiger partial charge in [0.1, 0.15) is 5.60 Å². The lowest BCUT2D eigenvalue weighted by Gasteiger charge is -2.59. The second-order valence-electron chi connectivity index (χ2n) is 12.0. The lowest BCUT2D eigenvalue weighted by molar-refractivity contribution is -0.186. The van der Waals surface area contributed by atoms with Crippen molar-refractivity contribution in [3.05, 3.63) is 11.6 Å². The maximum Gasteiger partial charge on any atom is 0.198 e. The van der Waals surface area contributed by atoms with Gasteiger partial charge in [0.2, 0.25) is 0 Å². The highest BCUT2D eigenvalue weighted by Crippen LogP contribution is 2.68. The molecule has 1 heterocycles. The topological polar surface area (TPSA) is 51.5 Å². The van der Waals surface area contributed by atoms with Crippen molar-refractivity contribution < 1.29 is 13.9 Å². The van der Waals surface area contributed by atoms with Gasteiger partial charge in [-0.05, 0) is 74.8 Å². The SMILES string of the molecule is C[C@]12CCC3(CC1=CC[C@@H]1[C@@H]2CC[C@@]2(C)[C@H]1CC[C@@]2(C#N)O[Si](C)(C)CI)OCCO3. The number of allylic oxidation sites excluding steroid dienone is 1. The summed E-state index contributed by atoms with van der Waals surface area (Å²) in [5.74, 6) is 1.65. The molecule has 5 rings (SSSR count). The van der Waals surface area contributed by atoms with Gasteiger partial charge in [0, 0.05) is 22.3 Å². The summed E-state index contributed by atoms with van der Waals surface area (Å²) in [4.78, 5) is 0. The van der Waals surface area contributed by atoms with Crippen LogP contribution < -0.4 is 0 Å². The van der Waals surface area contributed by atoms with Crippen molar-refractivity contribution in [3.8, 4) is 6.07 Å². The first-order valence-electron chi connectivity index (χ1n) is 12.3. The van der Waals surface area contributed by atoms with Gasteiger partial charge in [0.25, 0.3) is 0 Å². The predicted molar refractivity (Wildman–Crippen MR) is 132 cm³/mol. The van der Waals surface area contributed by atoms with Crippen LogP contribution in [-0.4, -0.2) is 37.0 Å². The van der Waals surface area contributed by atoms with E-state index in [2.05, 4.69) is 61.7 Å². The van der Waals surface area contributed by atoms with Crippen molar-refractivity contribution in [1.82, 2.24) is 0 Å². The van der Waals surface area contributed by atoms with Gasteiger partial charge in [-0.25, -0.2) is 0 Å². The van der Waals surface area contributed by atoms with Gasteiger partial charge in [-0.15, -0.1) is 0 Å². The standard InChI is InChI=1S/C25H38INO3Si/c1-22-11-12-25(28-13-14-29-25)15-18(22)5-6-19-20(22)7-9-23(2)21(19)8-10-24(23,16-27)30-31(3,4)17-26/h5,19-21H,6-15,17H2,1-4H3/t19-,20+,21+,22+,23+,24+/m1/s1. The van der Waals surface area contributed by atoms with Gasteiger partial charge in [0.05, 0.1) is 19.3 Å². The van der Waals surface area contributed by atoms with E-state index in [1.54, 1.807) is 5.57 Å². The molecule has 0 amide bonds. The van der Waals surface area contributed by atoms with E-state index in [4.69, 9.17) is 13.9 Å². The fraction of sp³-hybridized carbons (Fsp3) is 0.880. The Morgan fingerprint density at radius 3 is 2.52 bits per heavy atom. The zero-order valence-electron chi connectivity index (χ0n) is 19.6. The first-order valence-corrected chi connectivity index (χ1v) is 16.9. The Morgan fingerprint density at radius 2 is 1.84 bits per heavy atom. The number of hydrogen-bond acceptors (Lipinski definition) is 4. The van der Waals surface area contributed by atoms with Gasteiger partial charge >= 0.3 is 0 Å². The van der Waals surface area contributed by atoms with E-state index in [-0.39, 0.29) is 16.6 Å². The molecule has 172 valence electrons. The highest BCUT2D eigenvalue weighted by atomic mass is 127. The Labute approximate surface area is 202 Å². The van der Waals surface area contributed by atoms with Crippen LogP contribution in [0.2, 0.25) is 13.1 Å². The highest BCUT2D eigenvalue weighted by molar-refractivity contribution is 14.1. The second-order valence-corrected chi connectivity index (χ2v) is 18.3. The number of halogens is 1. The summed E-state index contributed by atoms with van der Waals surface area (Å²) in [6.45, 7) is 11.0. The quantitative estimate of drug-likeness (QED) is 0.181. The van der Waals surface area contributed by atoms with Crippen LogP contribution in [0.1, 0.15) is 65.2 Å². The minimum atomic E-state index is -1.84. The van der Waals surface area contributed by atoms with Crippen molar-refractivity contribution in [2.75, 3.05) is 17.3 Å². The van der Waals surface area contributed by atoms with Crippen molar-refractivity contribution in [1.29, 1.82) is 5.26 Å².